The van der Waals surface area contributed by atoms with Crippen molar-refractivity contribution in [2.75, 3.05) is 0 Å². The molecule has 106 valence electrons. The molecule has 0 aliphatic heterocycles. The van der Waals surface area contributed by atoms with Gasteiger partial charge in [0, 0.05) is 16.7 Å². The van der Waals surface area contributed by atoms with Gasteiger partial charge in [0.2, 0.25) is 0 Å². The molecule has 0 fully saturated rings. The van der Waals surface area contributed by atoms with Crippen LogP contribution in [0.2, 0.25) is 0 Å². The van der Waals surface area contributed by atoms with Crippen molar-refractivity contribution in [3.63, 3.8) is 0 Å². The number of phenols is 1. The number of aryl methyl sites for hydroxylation is 1. The van der Waals surface area contributed by atoms with Crippen molar-refractivity contribution < 1.29 is 19.8 Å². The monoisotopic (exact) mass is 282 g/mol. The summed E-state index contributed by atoms with van der Waals surface area (Å²) >= 11 is 0. The maximum absolute atomic E-state index is 12.7. The summed E-state index contributed by atoms with van der Waals surface area (Å²) < 4.78 is 0. The van der Waals surface area contributed by atoms with Crippen molar-refractivity contribution in [3.8, 4) is 5.75 Å². The number of fused-ring (bicyclic) bond motifs is 2. The number of hydrogen-bond acceptors (Lipinski definition) is 4. The van der Waals surface area contributed by atoms with Crippen molar-refractivity contribution in [3.05, 3.63) is 63.7 Å². The molecule has 1 atom stereocenters. The zero-order chi connectivity index (χ0) is 15.3. The molecule has 0 amide bonds. The third-order valence-electron chi connectivity index (χ3n) is 3.86. The second kappa shape index (κ2) is 4.53. The average molecular weight is 282 g/mol. The van der Waals surface area contributed by atoms with Gasteiger partial charge in [-0.05, 0) is 31.0 Å². The second-order valence-corrected chi connectivity index (χ2v) is 5.26. The van der Waals surface area contributed by atoms with Gasteiger partial charge in [-0.25, -0.2) is 0 Å². The zero-order valence-electron chi connectivity index (χ0n) is 11.7. The van der Waals surface area contributed by atoms with Crippen molar-refractivity contribution in [1.82, 2.24) is 0 Å². The van der Waals surface area contributed by atoms with Crippen molar-refractivity contribution in [1.29, 1.82) is 0 Å². The highest BCUT2D eigenvalue weighted by Gasteiger charge is 2.35. The molecule has 4 heteroatoms. The van der Waals surface area contributed by atoms with E-state index in [9.17, 15) is 19.8 Å². The summed E-state index contributed by atoms with van der Waals surface area (Å²) in [5.41, 5.74) is 1.79. The van der Waals surface area contributed by atoms with Crippen LogP contribution in [0.3, 0.4) is 0 Å². The average Bonchev–Trinajstić information content (AvgIpc) is 2.46. The molecule has 0 radical (unpaired) electrons. The van der Waals surface area contributed by atoms with E-state index in [1.54, 1.807) is 38.1 Å². The topological polar surface area (TPSA) is 74.6 Å². The minimum Gasteiger partial charge on any atom is -0.507 e. The predicted octanol–water partition coefficient (Wildman–Crippen LogP) is 2.53. The fourth-order valence-corrected chi connectivity index (χ4v) is 2.84. The molecule has 2 aromatic carbocycles. The summed E-state index contributed by atoms with van der Waals surface area (Å²) in [6.45, 7) is 3.27. The van der Waals surface area contributed by atoms with Crippen LogP contribution in [0.15, 0.2) is 30.3 Å². The van der Waals surface area contributed by atoms with Gasteiger partial charge in [0.1, 0.15) is 5.75 Å². The van der Waals surface area contributed by atoms with E-state index in [1.165, 1.54) is 6.07 Å². The molecule has 0 bridgehead atoms. The van der Waals surface area contributed by atoms with Crippen LogP contribution >= 0.6 is 0 Å². The standard InChI is InChI=1S/C17H14O4/c1-8-6-7-12(19)15-13(8)16(20)11-5-3-4-10(9(2)18)14(11)17(15)21/h3-7,9,18-19H,1-2H3. The Morgan fingerprint density at radius 2 is 1.67 bits per heavy atom. The number of rotatable bonds is 1. The van der Waals surface area contributed by atoms with E-state index in [2.05, 4.69) is 0 Å². The van der Waals surface area contributed by atoms with Gasteiger partial charge in [0.05, 0.1) is 11.7 Å². The molecule has 21 heavy (non-hydrogen) atoms. The van der Waals surface area contributed by atoms with E-state index in [-0.39, 0.29) is 33.8 Å². The van der Waals surface area contributed by atoms with Gasteiger partial charge in [0.25, 0.3) is 0 Å². The molecule has 0 spiro atoms. The van der Waals surface area contributed by atoms with Crippen molar-refractivity contribution in [2.45, 2.75) is 20.0 Å². The van der Waals surface area contributed by atoms with E-state index in [4.69, 9.17) is 0 Å². The van der Waals surface area contributed by atoms with E-state index in [1.807, 2.05) is 0 Å². The van der Waals surface area contributed by atoms with Gasteiger partial charge in [-0.3, -0.25) is 9.59 Å². The quantitative estimate of drug-likeness (QED) is 0.719. The molecular formula is C17H14O4. The first-order chi connectivity index (χ1) is 9.93. The summed E-state index contributed by atoms with van der Waals surface area (Å²) in [5.74, 6) is -0.923. The molecule has 0 aromatic heterocycles. The minimum absolute atomic E-state index is 0.0283. The van der Waals surface area contributed by atoms with Gasteiger partial charge in [-0.2, -0.15) is 0 Å². The maximum Gasteiger partial charge on any atom is 0.198 e. The molecule has 2 aromatic rings. The number of phenolic OH excluding ortho intramolecular Hbond substituents is 1. The smallest absolute Gasteiger partial charge is 0.198 e. The van der Waals surface area contributed by atoms with Crippen LogP contribution in [0, 0.1) is 6.92 Å². The molecule has 4 nitrogen and oxygen atoms in total. The third kappa shape index (κ3) is 1.80. The molecule has 1 aliphatic carbocycles. The highest BCUT2D eigenvalue weighted by Crippen LogP contribution is 2.37. The van der Waals surface area contributed by atoms with Crippen molar-refractivity contribution >= 4 is 11.6 Å². The third-order valence-corrected chi connectivity index (χ3v) is 3.86. The number of benzene rings is 2. The lowest BCUT2D eigenvalue weighted by Gasteiger charge is -2.23. The summed E-state index contributed by atoms with van der Waals surface area (Å²) in [4.78, 5) is 25.4. The molecule has 1 unspecified atom stereocenters. The Bertz CT molecular complexity index is 788. The fourth-order valence-electron chi connectivity index (χ4n) is 2.84. The first-order valence-corrected chi connectivity index (χ1v) is 6.66. The van der Waals surface area contributed by atoms with Crippen molar-refractivity contribution in [2.24, 2.45) is 0 Å². The number of hydrogen-bond donors (Lipinski definition) is 2. The normalized spacial score (nSPS) is 14.6. The summed E-state index contributed by atoms with van der Waals surface area (Å²) in [6.07, 6.45) is -0.870. The number of aromatic hydroxyl groups is 1. The summed E-state index contributed by atoms with van der Waals surface area (Å²) in [6, 6.07) is 7.87. The Morgan fingerprint density at radius 1 is 0.952 bits per heavy atom. The lowest BCUT2D eigenvalue weighted by molar-refractivity contribution is 0.0971. The largest absolute Gasteiger partial charge is 0.507 e. The first kappa shape index (κ1) is 13.5. The van der Waals surface area contributed by atoms with Crippen LogP contribution in [-0.4, -0.2) is 21.8 Å². The molecular weight excluding hydrogens is 268 g/mol. The maximum atomic E-state index is 12.7. The summed E-state index contributed by atoms with van der Waals surface area (Å²) in [7, 11) is 0. The number of carbonyl (C=O) groups excluding carboxylic acids is 2. The SMILES string of the molecule is Cc1ccc(O)c2c1C(=O)c1cccc(C(C)O)c1C2=O. The van der Waals surface area contributed by atoms with Gasteiger partial charge < -0.3 is 10.2 Å². The summed E-state index contributed by atoms with van der Waals surface area (Å²) in [5, 5.41) is 19.8. The zero-order valence-corrected chi connectivity index (χ0v) is 11.7. The van der Waals surface area contributed by atoms with Gasteiger partial charge in [-0.15, -0.1) is 0 Å². The molecule has 3 rings (SSSR count). The van der Waals surface area contributed by atoms with E-state index < -0.39 is 11.9 Å². The Kier molecular flexibility index (Phi) is 2.92. The Hall–Kier alpha value is -2.46. The van der Waals surface area contributed by atoms with Crippen LogP contribution in [0.5, 0.6) is 5.75 Å². The number of carbonyl (C=O) groups is 2. The van der Waals surface area contributed by atoms with Crippen LogP contribution in [-0.2, 0) is 0 Å². The predicted molar refractivity (Wildman–Crippen MR) is 76.8 cm³/mol. The highest BCUT2D eigenvalue weighted by molar-refractivity contribution is 6.30. The van der Waals surface area contributed by atoms with E-state index >= 15 is 0 Å². The Labute approximate surface area is 121 Å². The first-order valence-electron chi connectivity index (χ1n) is 6.66. The van der Waals surface area contributed by atoms with Crippen LogP contribution in [0.1, 0.15) is 56.0 Å². The number of aliphatic hydroxyl groups is 1. The molecule has 1 aliphatic rings. The van der Waals surface area contributed by atoms with Gasteiger partial charge in [0.15, 0.2) is 11.6 Å². The van der Waals surface area contributed by atoms with Gasteiger partial charge >= 0.3 is 0 Å². The minimum atomic E-state index is -0.870. The second-order valence-electron chi connectivity index (χ2n) is 5.26. The number of ketones is 2. The van der Waals surface area contributed by atoms with E-state index in [0.29, 0.717) is 11.1 Å². The Morgan fingerprint density at radius 3 is 2.33 bits per heavy atom. The lowest BCUT2D eigenvalue weighted by atomic mass is 9.79. The molecule has 2 N–H and O–H groups in total. The molecule has 0 saturated heterocycles. The van der Waals surface area contributed by atoms with Gasteiger partial charge in [-0.1, -0.05) is 24.3 Å². The molecule has 0 heterocycles. The Balaban J connectivity index is 2.39. The van der Waals surface area contributed by atoms with Crippen LogP contribution in [0.25, 0.3) is 0 Å². The van der Waals surface area contributed by atoms with E-state index in [0.717, 1.165) is 0 Å². The highest BCUT2D eigenvalue weighted by atomic mass is 16.3. The van der Waals surface area contributed by atoms with Crippen LogP contribution in [0.4, 0.5) is 0 Å². The number of aliphatic hydroxyl groups excluding tert-OH is 1. The van der Waals surface area contributed by atoms with Crippen LogP contribution < -0.4 is 0 Å². The fraction of sp³-hybridized carbons (Fsp3) is 0.176. The lowest BCUT2D eigenvalue weighted by Crippen LogP contribution is -2.24. The molecule has 0 saturated carbocycles.